The number of carboxylic acids is 1. The van der Waals surface area contributed by atoms with E-state index in [1.54, 1.807) is 0 Å². The van der Waals surface area contributed by atoms with E-state index in [9.17, 15) is 4.79 Å². The van der Waals surface area contributed by atoms with Gasteiger partial charge in [-0.25, -0.2) is 4.98 Å². The van der Waals surface area contributed by atoms with Gasteiger partial charge in [0.25, 0.3) is 0 Å². The number of hydrogen-bond donors (Lipinski definition) is 1. The van der Waals surface area contributed by atoms with Gasteiger partial charge in [0.1, 0.15) is 0 Å². The fourth-order valence-electron chi connectivity index (χ4n) is 2.70. The Hall–Kier alpha value is -1.01. The molecule has 1 N–H and O–H groups in total. The molecule has 1 aliphatic heterocycles. The molecule has 6 heteroatoms. The summed E-state index contributed by atoms with van der Waals surface area (Å²) in [5.41, 5.74) is 1.17. The lowest BCUT2D eigenvalue weighted by Crippen LogP contribution is -2.21. The smallest absolute Gasteiger partial charge is 0.313 e. The number of nitrogens with zero attached hydrogens (tertiary/aromatic N) is 2. The van der Waals surface area contributed by atoms with E-state index in [-0.39, 0.29) is 5.75 Å². The highest BCUT2D eigenvalue weighted by Crippen LogP contribution is 2.28. The number of hydrogen-bond acceptors (Lipinski definition) is 4. The molecule has 0 aliphatic carbocycles. The van der Waals surface area contributed by atoms with Crippen molar-refractivity contribution in [1.29, 1.82) is 0 Å². The van der Waals surface area contributed by atoms with Crippen molar-refractivity contribution in [2.45, 2.75) is 50.9 Å². The summed E-state index contributed by atoms with van der Waals surface area (Å²) in [4.78, 5) is 15.1. The maximum atomic E-state index is 10.7. The summed E-state index contributed by atoms with van der Waals surface area (Å²) < 4.78 is 7.92. The highest BCUT2D eigenvalue weighted by Gasteiger charge is 2.28. The average molecular weight is 298 g/mol. The van der Waals surface area contributed by atoms with Crippen LogP contribution < -0.4 is 0 Å². The van der Waals surface area contributed by atoms with E-state index in [2.05, 4.69) is 23.4 Å². The first-order chi connectivity index (χ1) is 9.65. The lowest BCUT2D eigenvalue weighted by Gasteiger charge is -2.20. The fourth-order valence-corrected chi connectivity index (χ4v) is 3.43. The predicted octanol–water partition coefficient (Wildman–Crippen LogP) is 2.44. The van der Waals surface area contributed by atoms with Crippen LogP contribution in [0.5, 0.6) is 0 Å². The summed E-state index contributed by atoms with van der Waals surface area (Å²) in [6.45, 7) is 5.96. The summed E-state index contributed by atoms with van der Waals surface area (Å²) >= 11 is 1.30. The molecule has 0 amide bonds. The number of aryl methyl sites for hydroxylation is 1. The van der Waals surface area contributed by atoms with E-state index in [0.717, 1.165) is 37.6 Å². The van der Waals surface area contributed by atoms with E-state index in [0.29, 0.717) is 12.0 Å². The van der Waals surface area contributed by atoms with Crippen molar-refractivity contribution in [2.24, 2.45) is 5.92 Å². The van der Waals surface area contributed by atoms with Gasteiger partial charge in [0.2, 0.25) is 0 Å². The number of thioether (sulfide) groups is 1. The second kappa shape index (κ2) is 7.13. The molecular weight excluding hydrogens is 276 g/mol. The Morgan fingerprint density at radius 3 is 3.05 bits per heavy atom. The fraction of sp³-hybridized carbons (Fsp3) is 0.714. The van der Waals surface area contributed by atoms with Gasteiger partial charge in [-0.2, -0.15) is 0 Å². The first-order valence-electron chi connectivity index (χ1n) is 7.16. The highest BCUT2D eigenvalue weighted by molar-refractivity contribution is 7.99. The Kier molecular flexibility index (Phi) is 5.48. The summed E-state index contributed by atoms with van der Waals surface area (Å²) in [6.07, 6.45) is 5.19. The Labute approximate surface area is 123 Å². The zero-order valence-corrected chi connectivity index (χ0v) is 12.9. The number of imidazole rings is 1. The van der Waals surface area contributed by atoms with E-state index >= 15 is 0 Å². The van der Waals surface area contributed by atoms with Gasteiger partial charge in [-0.3, -0.25) is 4.79 Å². The van der Waals surface area contributed by atoms with Crippen LogP contribution in [0.25, 0.3) is 0 Å². The maximum absolute atomic E-state index is 10.7. The molecule has 0 saturated carbocycles. The standard InChI is InChI=1S/C14H22N2O3S/c1-3-11-7-15-14(20-9-13(17)18)16(11)8-10-5-6-19-12(10)4-2/h7,10,12H,3-6,8-9H2,1-2H3,(H,17,18). The van der Waals surface area contributed by atoms with Crippen molar-refractivity contribution in [3.63, 3.8) is 0 Å². The van der Waals surface area contributed by atoms with Gasteiger partial charge < -0.3 is 14.4 Å². The number of aliphatic carboxylic acids is 1. The third kappa shape index (κ3) is 3.55. The van der Waals surface area contributed by atoms with Crippen LogP contribution >= 0.6 is 11.8 Å². The van der Waals surface area contributed by atoms with Crippen LogP contribution in [0.15, 0.2) is 11.4 Å². The molecule has 1 fully saturated rings. The topological polar surface area (TPSA) is 64.3 Å². The maximum Gasteiger partial charge on any atom is 0.313 e. The predicted molar refractivity (Wildman–Crippen MR) is 78.1 cm³/mol. The monoisotopic (exact) mass is 298 g/mol. The van der Waals surface area contributed by atoms with E-state index in [1.807, 2.05) is 6.20 Å². The molecule has 0 spiro atoms. The first kappa shape index (κ1) is 15.4. The summed E-state index contributed by atoms with van der Waals surface area (Å²) in [7, 11) is 0. The molecule has 1 aromatic heterocycles. The molecule has 2 heterocycles. The van der Waals surface area contributed by atoms with Crippen molar-refractivity contribution in [3.8, 4) is 0 Å². The van der Waals surface area contributed by atoms with Crippen LogP contribution in [0.1, 0.15) is 32.4 Å². The van der Waals surface area contributed by atoms with Crippen molar-refractivity contribution in [1.82, 2.24) is 9.55 Å². The Morgan fingerprint density at radius 2 is 2.40 bits per heavy atom. The second-order valence-electron chi connectivity index (χ2n) is 5.04. The van der Waals surface area contributed by atoms with E-state index < -0.39 is 5.97 Å². The third-order valence-electron chi connectivity index (χ3n) is 3.75. The minimum absolute atomic E-state index is 0.0541. The van der Waals surface area contributed by atoms with Crippen molar-refractivity contribution in [3.05, 3.63) is 11.9 Å². The first-order valence-corrected chi connectivity index (χ1v) is 8.14. The molecule has 1 saturated heterocycles. The molecule has 5 nitrogen and oxygen atoms in total. The van der Waals surface area contributed by atoms with Crippen LogP contribution in [-0.4, -0.2) is 39.1 Å². The molecule has 20 heavy (non-hydrogen) atoms. The van der Waals surface area contributed by atoms with E-state index in [1.165, 1.54) is 17.5 Å². The lowest BCUT2D eigenvalue weighted by atomic mass is 9.99. The number of rotatable bonds is 7. The van der Waals surface area contributed by atoms with Crippen LogP contribution in [0.3, 0.4) is 0 Å². The molecule has 0 aromatic carbocycles. The lowest BCUT2D eigenvalue weighted by molar-refractivity contribution is -0.133. The zero-order chi connectivity index (χ0) is 14.5. The van der Waals surface area contributed by atoms with Gasteiger partial charge in [0.15, 0.2) is 5.16 Å². The number of carboxylic acid groups (broad SMARTS) is 1. The minimum atomic E-state index is -0.807. The largest absolute Gasteiger partial charge is 0.481 e. The molecule has 2 atom stereocenters. The molecule has 0 bridgehead atoms. The normalized spacial score (nSPS) is 22.3. The molecule has 1 aliphatic rings. The number of ether oxygens (including phenoxy) is 1. The Morgan fingerprint density at radius 1 is 1.60 bits per heavy atom. The molecule has 112 valence electrons. The SMILES string of the molecule is CCc1cnc(SCC(=O)O)n1CC1CCOC1CC. The highest BCUT2D eigenvalue weighted by atomic mass is 32.2. The average Bonchev–Trinajstić information content (AvgIpc) is 3.03. The van der Waals surface area contributed by atoms with Gasteiger partial charge in [0, 0.05) is 31.0 Å². The molecule has 2 unspecified atom stereocenters. The van der Waals surface area contributed by atoms with Crippen LogP contribution in [-0.2, 0) is 22.5 Å². The molecular formula is C14H22N2O3S. The van der Waals surface area contributed by atoms with Crippen molar-refractivity contribution < 1.29 is 14.6 Å². The Bertz CT molecular complexity index is 461. The summed E-state index contributed by atoms with van der Waals surface area (Å²) in [6, 6.07) is 0. The van der Waals surface area contributed by atoms with Gasteiger partial charge in [0.05, 0.1) is 11.9 Å². The van der Waals surface area contributed by atoms with Gasteiger partial charge in [-0.05, 0) is 19.3 Å². The Balaban J connectivity index is 2.11. The van der Waals surface area contributed by atoms with E-state index in [4.69, 9.17) is 9.84 Å². The van der Waals surface area contributed by atoms with Crippen molar-refractivity contribution in [2.75, 3.05) is 12.4 Å². The van der Waals surface area contributed by atoms with Gasteiger partial charge in [-0.1, -0.05) is 25.6 Å². The van der Waals surface area contributed by atoms with Crippen LogP contribution in [0.2, 0.25) is 0 Å². The van der Waals surface area contributed by atoms with Crippen molar-refractivity contribution >= 4 is 17.7 Å². The second-order valence-corrected chi connectivity index (χ2v) is 5.99. The molecule has 1 aromatic rings. The minimum Gasteiger partial charge on any atom is -0.481 e. The van der Waals surface area contributed by atoms with Crippen LogP contribution in [0, 0.1) is 5.92 Å². The molecule has 2 rings (SSSR count). The zero-order valence-electron chi connectivity index (χ0n) is 12.0. The quantitative estimate of drug-likeness (QED) is 0.783. The van der Waals surface area contributed by atoms with Gasteiger partial charge in [-0.15, -0.1) is 0 Å². The summed E-state index contributed by atoms with van der Waals surface area (Å²) in [5.74, 6) is -0.250. The molecule has 0 radical (unpaired) electrons. The number of carbonyl (C=O) groups is 1. The van der Waals surface area contributed by atoms with Gasteiger partial charge >= 0.3 is 5.97 Å². The third-order valence-corrected chi connectivity index (χ3v) is 4.73. The number of aromatic nitrogens is 2. The summed E-state index contributed by atoms with van der Waals surface area (Å²) in [5, 5.41) is 9.63. The van der Waals surface area contributed by atoms with Crippen LogP contribution in [0.4, 0.5) is 0 Å².